The Labute approximate surface area is 104 Å². The maximum atomic E-state index is 9.07. The molecule has 1 aromatic rings. The van der Waals surface area contributed by atoms with Gasteiger partial charge in [0.25, 0.3) is 0 Å². The summed E-state index contributed by atoms with van der Waals surface area (Å²) in [6.07, 6.45) is 1.87. The number of hydrogen-bond donors (Lipinski definition) is 2. The van der Waals surface area contributed by atoms with Crippen LogP contribution < -0.4 is 5.32 Å². The quantitative estimate of drug-likeness (QED) is 0.830. The predicted octanol–water partition coefficient (Wildman–Crippen LogP) is 2.48. The lowest BCUT2D eigenvalue weighted by molar-refractivity contribution is 0.192. The number of aliphatic hydroxyl groups excluding tert-OH is 1. The average molecular weight is 242 g/mol. The molecule has 0 bridgehead atoms. The third-order valence-electron chi connectivity index (χ3n) is 2.06. The van der Waals surface area contributed by atoms with Gasteiger partial charge in [-0.05, 0) is 19.4 Å². The molecule has 0 aliphatic heterocycles. The van der Waals surface area contributed by atoms with Crippen LogP contribution in [-0.2, 0) is 0 Å². The van der Waals surface area contributed by atoms with E-state index in [4.69, 9.17) is 5.11 Å². The molecule has 0 saturated heterocycles. The molecule has 0 spiro atoms. The molecule has 0 fully saturated rings. The lowest BCUT2D eigenvalue weighted by Crippen LogP contribution is -2.25. The fraction of sp³-hybridized carbons (Fsp3) is 0.385. The number of nitrogens with one attached hydrogen (secondary N) is 1. The predicted molar refractivity (Wildman–Crippen MR) is 71.9 cm³/mol. The summed E-state index contributed by atoms with van der Waals surface area (Å²) in [5, 5.41) is 12.3. The molecule has 0 amide bonds. The van der Waals surface area contributed by atoms with Crippen molar-refractivity contribution in [1.82, 2.24) is 5.32 Å². The Morgan fingerprint density at radius 3 is 2.56 bits per heavy atom. The summed E-state index contributed by atoms with van der Waals surface area (Å²) in [7, 11) is 0. The van der Waals surface area contributed by atoms with Crippen LogP contribution in [0.2, 0.25) is 0 Å². The van der Waals surface area contributed by atoms with E-state index in [0.717, 1.165) is 6.54 Å². The lowest BCUT2D eigenvalue weighted by Gasteiger charge is -2.06. The van der Waals surface area contributed by atoms with E-state index in [-0.39, 0.29) is 18.5 Å². The van der Waals surface area contributed by atoms with Crippen molar-refractivity contribution in [2.24, 2.45) is 0 Å². The zero-order chi connectivity index (χ0) is 11.1. The second kappa shape index (κ2) is 8.34. The second-order valence-electron chi connectivity index (χ2n) is 3.88. The van der Waals surface area contributed by atoms with Gasteiger partial charge in [-0.2, -0.15) is 0 Å². The van der Waals surface area contributed by atoms with Gasteiger partial charge in [0.2, 0.25) is 0 Å². The topological polar surface area (TPSA) is 32.3 Å². The van der Waals surface area contributed by atoms with Crippen molar-refractivity contribution >= 4 is 18.5 Å². The first-order chi connectivity index (χ1) is 7.18. The van der Waals surface area contributed by atoms with E-state index in [1.807, 2.05) is 18.2 Å². The molecular weight excluding hydrogens is 222 g/mol. The Kier molecular flexibility index (Phi) is 7.90. The highest BCUT2D eigenvalue weighted by molar-refractivity contribution is 5.85. The summed E-state index contributed by atoms with van der Waals surface area (Å²) in [5.74, 6) is 0. The van der Waals surface area contributed by atoms with Crippen molar-refractivity contribution in [3.8, 4) is 0 Å². The highest BCUT2D eigenvalue weighted by Gasteiger charge is 1.95. The van der Waals surface area contributed by atoms with E-state index in [0.29, 0.717) is 6.54 Å². The number of hydrogen-bond acceptors (Lipinski definition) is 2. The van der Waals surface area contributed by atoms with Gasteiger partial charge in [0.05, 0.1) is 6.10 Å². The number of aliphatic hydroxyl groups is 1. The summed E-state index contributed by atoms with van der Waals surface area (Å²) < 4.78 is 0. The normalized spacial score (nSPS) is 13.1. The first kappa shape index (κ1) is 15.2. The van der Waals surface area contributed by atoms with Gasteiger partial charge < -0.3 is 10.4 Å². The van der Waals surface area contributed by atoms with Gasteiger partial charge in [-0.1, -0.05) is 42.0 Å². The number of halogens is 1. The molecule has 2 N–H and O–H groups in total. The number of rotatable bonds is 5. The summed E-state index contributed by atoms with van der Waals surface area (Å²) in [4.78, 5) is 0. The molecule has 0 aliphatic rings. The Morgan fingerprint density at radius 2 is 2.00 bits per heavy atom. The van der Waals surface area contributed by atoms with E-state index in [9.17, 15) is 0 Å². The monoisotopic (exact) mass is 241 g/mol. The Morgan fingerprint density at radius 1 is 1.38 bits per heavy atom. The summed E-state index contributed by atoms with van der Waals surface area (Å²) in [5.41, 5.74) is 2.48. The Balaban J connectivity index is 0.00000225. The van der Waals surface area contributed by atoms with E-state index < -0.39 is 0 Å². The molecule has 16 heavy (non-hydrogen) atoms. The van der Waals surface area contributed by atoms with E-state index >= 15 is 0 Å². The maximum Gasteiger partial charge on any atom is 0.0636 e. The zero-order valence-electron chi connectivity index (χ0n) is 9.81. The molecule has 0 saturated carbocycles. The molecule has 0 radical (unpaired) electrons. The van der Waals surface area contributed by atoms with Gasteiger partial charge in [0.15, 0.2) is 0 Å². The van der Waals surface area contributed by atoms with Gasteiger partial charge >= 0.3 is 0 Å². The smallest absolute Gasteiger partial charge is 0.0636 e. The molecule has 90 valence electrons. The Bertz CT molecular complexity index is 309. The number of benzene rings is 1. The minimum absolute atomic E-state index is 0. The molecule has 1 aromatic carbocycles. The molecule has 0 aliphatic carbocycles. The van der Waals surface area contributed by atoms with Crippen LogP contribution in [0.25, 0.3) is 6.08 Å². The highest BCUT2D eigenvalue weighted by Crippen LogP contribution is 2.04. The van der Waals surface area contributed by atoms with Gasteiger partial charge in [-0.15, -0.1) is 12.4 Å². The third-order valence-corrected chi connectivity index (χ3v) is 2.06. The summed E-state index contributed by atoms with van der Waals surface area (Å²) in [6.45, 7) is 5.32. The molecule has 2 nitrogen and oxygen atoms in total. The SMILES string of the molecule is C/C(=C\c1ccccc1)CNCC(C)O.Cl. The summed E-state index contributed by atoms with van der Waals surface area (Å²) in [6, 6.07) is 10.2. The second-order valence-corrected chi connectivity index (χ2v) is 3.88. The maximum absolute atomic E-state index is 9.07. The highest BCUT2D eigenvalue weighted by atomic mass is 35.5. The van der Waals surface area contributed by atoms with Crippen LogP contribution >= 0.6 is 12.4 Å². The van der Waals surface area contributed by atoms with Crippen molar-refractivity contribution in [2.45, 2.75) is 20.0 Å². The largest absolute Gasteiger partial charge is 0.392 e. The van der Waals surface area contributed by atoms with E-state index in [1.165, 1.54) is 11.1 Å². The van der Waals surface area contributed by atoms with Crippen LogP contribution in [0.5, 0.6) is 0 Å². The van der Waals surface area contributed by atoms with Crippen LogP contribution in [0.4, 0.5) is 0 Å². The molecule has 3 heteroatoms. The van der Waals surface area contributed by atoms with Crippen LogP contribution in [0.15, 0.2) is 35.9 Å². The average Bonchev–Trinajstić information content (AvgIpc) is 2.18. The van der Waals surface area contributed by atoms with Gasteiger partial charge in [-0.3, -0.25) is 0 Å². The molecule has 1 unspecified atom stereocenters. The van der Waals surface area contributed by atoms with Crippen LogP contribution in [0.1, 0.15) is 19.4 Å². The van der Waals surface area contributed by atoms with E-state index in [1.54, 1.807) is 6.92 Å². The fourth-order valence-electron chi connectivity index (χ4n) is 1.36. The molecule has 1 rings (SSSR count). The summed E-state index contributed by atoms with van der Waals surface area (Å²) >= 11 is 0. The van der Waals surface area contributed by atoms with Gasteiger partial charge in [0.1, 0.15) is 0 Å². The van der Waals surface area contributed by atoms with Crippen molar-refractivity contribution in [2.75, 3.05) is 13.1 Å². The van der Waals surface area contributed by atoms with Crippen molar-refractivity contribution in [3.63, 3.8) is 0 Å². The lowest BCUT2D eigenvalue weighted by atomic mass is 10.1. The van der Waals surface area contributed by atoms with Crippen molar-refractivity contribution in [1.29, 1.82) is 0 Å². The third kappa shape index (κ3) is 6.62. The Hall–Kier alpha value is -0.830. The standard InChI is InChI=1S/C13H19NO.ClH/c1-11(9-14-10-12(2)15)8-13-6-4-3-5-7-13;/h3-8,12,14-15H,9-10H2,1-2H3;1H/b11-8+;. The fourth-order valence-corrected chi connectivity index (χ4v) is 1.36. The zero-order valence-corrected chi connectivity index (χ0v) is 10.6. The molecule has 1 atom stereocenters. The molecule has 0 aromatic heterocycles. The minimum Gasteiger partial charge on any atom is -0.392 e. The van der Waals surface area contributed by atoms with Crippen LogP contribution in [-0.4, -0.2) is 24.3 Å². The van der Waals surface area contributed by atoms with Gasteiger partial charge in [-0.25, -0.2) is 0 Å². The van der Waals surface area contributed by atoms with Crippen molar-refractivity contribution in [3.05, 3.63) is 41.5 Å². The first-order valence-corrected chi connectivity index (χ1v) is 5.29. The van der Waals surface area contributed by atoms with Crippen LogP contribution in [0, 0.1) is 0 Å². The van der Waals surface area contributed by atoms with E-state index in [2.05, 4.69) is 30.4 Å². The van der Waals surface area contributed by atoms with Crippen LogP contribution in [0.3, 0.4) is 0 Å². The molecule has 0 heterocycles. The minimum atomic E-state index is -0.283. The van der Waals surface area contributed by atoms with Crippen molar-refractivity contribution < 1.29 is 5.11 Å². The molecular formula is C13H20ClNO. The van der Waals surface area contributed by atoms with Gasteiger partial charge in [0, 0.05) is 13.1 Å². The first-order valence-electron chi connectivity index (χ1n) is 5.29.